The number of carbonyl (C=O) groups is 1. The van der Waals surface area contributed by atoms with Crippen molar-refractivity contribution in [1.82, 2.24) is 10.3 Å². The molecule has 0 spiro atoms. The molecular formula is C15H27Cl2N3OS. The molecule has 1 atom stereocenters. The van der Waals surface area contributed by atoms with Crippen LogP contribution < -0.4 is 11.1 Å². The highest BCUT2D eigenvalue weighted by Gasteiger charge is 2.33. The standard InChI is InChI=1S/C15H25N3OS.2ClH/c1-11-9-17-14(20-11)12(2)18-13(19)8-15(10-16)6-4-3-5-7-15;;/h9,12H,3-8,10,16H2,1-2H3,(H,18,19);2*1H. The van der Waals surface area contributed by atoms with Crippen LogP contribution in [0.3, 0.4) is 0 Å². The predicted molar refractivity (Wildman–Crippen MR) is 97.1 cm³/mol. The molecule has 1 aliphatic rings. The monoisotopic (exact) mass is 367 g/mol. The van der Waals surface area contributed by atoms with Crippen molar-refractivity contribution >= 4 is 42.1 Å². The van der Waals surface area contributed by atoms with E-state index in [4.69, 9.17) is 5.73 Å². The van der Waals surface area contributed by atoms with E-state index in [1.165, 1.54) is 24.1 Å². The Hall–Kier alpha value is -0.360. The molecule has 0 saturated heterocycles. The Kier molecular flexibility index (Phi) is 9.55. The Bertz CT molecular complexity index is 461. The van der Waals surface area contributed by atoms with Gasteiger partial charge in [0.1, 0.15) is 5.01 Å². The van der Waals surface area contributed by atoms with Gasteiger partial charge in [-0.05, 0) is 38.6 Å². The number of rotatable bonds is 5. The maximum Gasteiger partial charge on any atom is 0.221 e. The molecule has 0 aliphatic heterocycles. The van der Waals surface area contributed by atoms with E-state index in [1.54, 1.807) is 11.3 Å². The van der Waals surface area contributed by atoms with Crippen molar-refractivity contribution in [3.8, 4) is 0 Å². The second-order valence-corrected chi connectivity index (χ2v) is 7.31. The maximum atomic E-state index is 12.3. The van der Waals surface area contributed by atoms with Crippen molar-refractivity contribution in [2.75, 3.05) is 6.54 Å². The predicted octanol–water partition coefficient (Wildman–Crippen LogP) is 3.77. The molecule has 1 heterocycles. The molecule has 3 N–H and O–H groups in total. The highest BCUT2D eigenvalue weighted by Crippen LogP contribution is 2.38. The first kappa shape index (κ1) is 21.6. The molecule has 1 aromatic rings. The normalized spacial score (nSPS) is 17.8. The van der Waals surface area contributed by atoms with Crippen molar-refractivity contribution in [2.45, 2.75) is 58.4 Å². The number of nitrogens with two attached hydrogens (primary N) is 1. The summed E-state index contributed by atoms with van der Waals surface area (Å²) in [7, 11) is 0. The molecule has 128 valence electrons. The van der Waals surface area contributed by atoms with Gasteiger partial charge in [0.25, 0.3) is 0 Å². The molecule has 0 bridgehead atoms. The largest absolute Gasteiger partial charge is 0.347 e. The number of carbonyl (C=O) groups excluding carboxylic acids is 1. The maximum absolute atomic E-state index is 12.3. The first-order chi connectivity index (χ1) is 9.54. The smallest absolute Gasteiger partial charge is 0.221 e. The van der Waals surface area contributed by atoms with Crippen LogP contribution in [0, 0.1) is 12.3 Å². The summed E-state index contributed by atoms with van der Waals surface area (Å²) in [5, 5.41) is 4.04. The zero-order valence-corrected chi connectivity index (χ0v) is 15.7. The van der Waals surface area contributed by atoms with Crippen molar-refractivity contribution in [2.24, 2.45) is 11.1 Å². The van der Waals surface area contributed by atoms with Crippen LogP contribution in [0.5, 0.6) is 0 Å². The number of hydrogen-bond acceptors (Lipinski definition) is 4. The lowest BCUT2D eigenvalue weighted by atomic mass is 9.71. The lowest BCUT2D eigenvalue weighted by molar-refractivity contribution is -0.124. The number of hydrogen-bond donors (Lipinski definition) is 2. The van der Waals surface area contributed by atoms with Gasteiger partial charge in [-0.25, -0.2) is 4.98 Å². The Morgan fingerprint density at radius 3 is 2.55 bits per heavy atom. The minimum atomic E-state index is -0.0142. The van der Waals surface area contributed by atoms with Crippen molar-refractivity contribution in [3.05, 3.63) is 16.1 Å². The number of aromatic nitrogens is 1. The topological polar surface area (TPSA) is 68.0 Å². The summed E-state index contributed by atoms with van der Waals surface area (Å²) in [5.74, 6) is 0.109. The fourth-order valence-electron chi connectivity index (χ4n) is 3.02. The van der Waals surface area contributed by atoms with E-state index in [0.717, 1.165) is 17.8 Å². The fraction of sp³-hybridized carbons (Fsp3) is 0.733. The third-order valence-corrected chi connectivity index (χ3v) is 5.37. The van der Waals surface area contributed by atoms with Crippen molar-refractivity contribution in [3.63, 3.8) is 0 Å². The van der Waals surface area contributed by atoms with Gasteiger partial charge in [-0.1, -0.05) is 19.3 Å². The van der Waals surface area contributed by atoms with Gasteiger partial charge in [-0.15, -0.1) is 36.2 Å². The van der Waals surface area contributed by atoms with Crippen LogP contribution in [0.4, 0.5) is 0 Å². The van der Waals surface area contributed by atoms with Crippen LogP contribution in [0.2, 0.25) is 0 Å². The molecule has 1 fully saturated rings. The van der Waals surface area contributed by atoms with Gasteiger partial charge in [0, 0.05) is 17.5 Å². The molecule has 0 aromatic carbocycles. The summed E-state index contributed by atoms with van der Waals surface area (Å²) >= 11 is 1.64. The van der Waals surface area contributed by atoms with Crippen LogP contribution in [0.15, 0.2) is 6.20 Å². The number of halogens is 2. The minimum absolute atomic E-state index is 0. The molecule has 1 unspecified atom stereocenters. The van der Waals surface area contributed by atoms with Crippen LogP contribution in [0.25, 0.3) is 0 Å². The average molecular weight is 368 g/mol. The third-order valence-electron chi connectivity index (χ3n) is 4.27. The van der Waals surface area contributed by atoms with Gasteiger partial charge in [0.2, 0.25) is 5.91 Å². The van der Waals surface area contributed by atoms with Crippen molar-refractivity contribution < 1.29 is 4.79 Å². The Labute approximate surface area is 149 Å². The lowest BCUT2D eigenvalue weighted by Crippen LogP contribution is -2.39. The number of thiazole rings is 1. The van der Waals surface area contributed by atoms with Crippen LogP contribution >= 0.6 is 36.2 Å². The van der Waals surface area contributed by atoms with E-state index in [2.05, 4.69) is 10.3 Å². The van der Waals surface area contributed by atoms with Gasteiger partial charge in [0.05, 0.1) is 6.04 Å². The van der Waals surface area contributed by atoms with Gasteiger partial charge in [-0.3, -0.25) is 4.79 Å². The third kappa shape index (κ3) is 5.69. The summed E-state index contributed by atoms with van der Waals surface area (Å²) < 4.78 is 0. The number of nitrogens with one attached hydrogen (secondary N) is 1. The molecule has 7 heteroatoms. The van der Waals surface area contributed by atoms with Crippen molar-refractivity contribution in [1.29, 1.82) is 0 Å². The Balaban J connectivity index is 0.00000220. The molecule has 0 radical (unpaired) electrons. The molecule has 4 nitrogen and oxygen atoms in total. The van der Waals surface area contributed by atoms with E-state index < -0.39 is 0 Å². The number of nitrogens with zero attached hydrogens (tertiary/aromatic N) is 1. The zero-order chi connectivity index (χ0) is 14.6. The number of amides is 1. The van der Waals surface area contributed by atoms with E-state index >= 15 is 0 Å². The zero-order valence-electron chi connectivity index (χ0n) is 13.3. The fourth-order valence-corrected chi connectivity index (χ4v) is 3.80. The molecule has 1 aromatic heterocycles. The van der Waals surface area contributed by atoms with E-state index in [1.807, 2.05) is 20.0 Å². The lowest BCUT2D eigenvalue weighted by Gasteiger charge is -2.35. The van der Waals surface area contributed by atoms with Crippen LogP contribution in [-0.4, -0.2) is 17.4 Å². The Morgan fingerprint density at radius 1 is 1.41 bits per heavy atom. The molecule has 2 rings (SSSR count). The summed E-state index contributed by atoms with van der Waals surface area (Å²) in [6.07, 6.45) is 8.25. The summed E-state index contributed by atoms with van der Waals surface area (Å²) in [5.41, 5.74) is 5.97. The SMILES string of the molecule is Cc1cnc(C(C)NC(=O)CC2(CN)CCCCC2)s1.Cl.Cl. The second-order valence-electron chi connectivity index (χ2n) is 6.04. The minimum Gasteiger partial charge on any atom is -0.347 e. The highest BCUT2D eigenvalue weighted by atomic mass is 35.5. The quantitative estimate of drug-likeness (QED) is 0.831. The average Bonchev–Trinajstić information content (AvgIpc) is 2.86. The van der Waals surface area contributed by atoms with Gasteiger partial charge < -0.3 is 11.1 Å². The van der Waals surface area contributed by atoms with Crippen LogP contribution in [0.1, 0.15) is 61.4 Å². The summed E-state index contributed by atoms with van der Waals surface area (Å²) in [4.78, 5) is 17.8. The first-order valence-corrected chi connectivity index (χ1v) is 8.28. The van der Waals surface area contributed by atoms with E-state index in [0.29, 0.717) is 13.0 Å². The Morgan fingerprint density at radius 2 is 2.05 bits per heavy atom. The van der Waals surface area contributed by atoms with Gasteiger partial charge in [0.15, 0.2) is 0 Å². The molecule has 1 aliphatic carbocycles. The second kappa shape index (κ2) is 9.71. The summed E-state index contributed by atoms with van der Waals surface area (Å²) in [6.45, 7) is 4.64. The highest BCUT2D eigenvalue weighted by molar-refractivity contribution is 7.11. The molecule has 1 amide bonds. The molecule has 22 heavy (non-hydrogen) atoms. The summed E-state index contributed by atoms with van der Waals surface area (Å²) in [6, 6.07) is -0.0142. The van der Waals surface area contributed by atoms with Gasteiger partial charge in [-0.2, -0.15) is 0 Å². The van der Waals surface area contributed by atoms with E-state index in [-0.39, 0.29) is 42.2 Å². The molecular weight excluding hydrogens is 341 g/mol. The number of aryl methyl sites for hydroxylation is 1. The van der Waals surface area contributed by atoms with Crippen LogP contribution in [-0.2, 0) is 4.79 Å². The first-order valence-electron chi connectivity index (χ1n) is 7.46. The van der Waals surface area contributed by atoms with E-state index in [9.17, 15) is 4.79 Å². The van der Waals surface area contributed by atoms with Gasteiger partial charge >= 0.3 is 0 Å². The molecule has 1 saturated carbocycles.